The monoisotopic (exact) mass is 402 g/mol. The summed E-state index contributed by atoms with van der Waals surface area (Å²) < 4.78 is 10.9. The Kier molecular flexibility index (Phi) is 6.95. The predicted molar refractivity (Wildman–Crippen MR) is 113 cm³/mol. The van der Waals surface area contributed by atoms with Gasteiger partial charge in [0, 0.05) is 18.0 Å². The maximum Gasteiger partial charge on any atom is 0.340 e. The third kappa shape index (κ3) is 4.92. The van der Waals surface area contributed by atoms with Gasteiger partial charge < -0.3 is 14.8 Å². The van der Waals surface area contributed by atoms with Crippen molar-refractivity contribution in [2.45, 2.75) is 13.8 Å². The molecule has 0 aliphatic rings. The number of nitrogens with one attached hydrogen (secondary N) is 1. The topological polar surface area (TPSA) is 97.1 Å². The Morgan fingerprint density at radius 2 is 1.97 bits per heavy atom. The highest BCUT2D eigenvalue weighted by molar-refractivity contribution is 5.96. The van der Waals surface area contributed by atoms with Crippen LogP contribution >= 0.6 is 0 Å². The summed E-state index contributed by atoms with van der Waals surface area (Å²) in [6.07, 6.45) is 3.32. The molecule has 1 aromatic carbocycles. The van der Waals surface area contributed by atoms with Crippen molar-refractivity contribution in [1.82, 2.24) is 9.97 Å². The first-order valence-corrected chi connectivity index (χ1v) is 9.59. The fourth-order valence-electron chi connectivity index (χ4n) is 2.90. The van der Waals surface area contributed by atoms with Crippen LogP contribution < -0.4 is 10.1 Å². The first-order chi connectivity index (χ1) is 14.6. The molecule has 0 aliphatic carbocycles. The Morgan fingerprint density at radius 3 is 2.73 bits per heavy atom. The lowest BCUT2D eigenvalue weighted by atomic mass is 10.0. The van der Waals surface area contributed by atoms with Crippen LogP contribution in [0.5, 0.6) is 5.75 Å². The van der Waals surface area contributed by atoms with Gasteiger partial charge in [0.05, 0.1) is 30.0 Å². The maximum atomic E-state index is 12.2. The molecule has 7 heteroatoms. The van der Waals surface area contributed by atoms with Crippen LogP contribution in [0, 0.1) is 18.3 Å². The van der Waals surface area contributed by atoms with E-state index in [9.17, 15) is 10.1 Å². The van der Waals surface area contributed by atoms with Gasteiger partial charge in [0.15, 0.2) is 0 Å². The van der Waals surface area contributed by atoms with Gasteiger partial charge in [-0.3, -0.25) is 4.98 Å². The second-order valence-corrected chi connectivity index (χ2v) is 6.39. The number of benzene rings is 1. The summed E-state index contributed by atoms with van der Waals surface area (Å²) in [6.45, 7) is 4.90. The van der Waals surface area contributed by atoms with Crippen molar-refractivity contribution in [3.8, 4) is 23.1 Å². The Morgan fingerprint density at radius 1 is 1.17 bits per heavy atom. The summed E-state index contributed by atoms with van der Waals surface area (Å²) in [4.78, 5) is 20.8. The first-order valence-electron chi connectivity index (χ1n) is 9.59. The smallest absolute Gasteiger partial charge is 0.340 e. The zero-order valence-corrected chi connectivity index (χ0v) is 16.9. The molecule has 1 N–H and O–H groups in total. The van der Waals surface area contributed by atoms with Crippen molar-refractivity contribution in [2.75, 3.05) is 25.1 Å². The number of aromatic nitrogens is 2. The number of nitriles is 1. The molecule has 0 bridgehead atoms. The summed E-state index contributed by atoms with van der Waals surface area (Å²) >= 11 is 0. The van der Waals surface area contributed by atoms with Gasteiger partial charge >= 0.3 is 5.97 Å². The molecule has 30 heavy (non-hydrogen) atoms. The molecule has 0 aliphatic heterocycles. The number of anilines is 1. The minimum Gasteiger partial charge on any atom is -0.490 e. The molecule has 0 unspecified atom stereocenters. The number of pyridine rings is 2. The molecule has 2 aromatic heterocycles. The molecule has 3 aromatic rings. The van der Waals surface area contributed by atoms with Crippen molar-refractivity contribution in [3.63, 3.8) is 0 Å². The Hall–Kier alpha value is -3.92. The normalized spacial score (nSPS) is 10.2. The SMILES string of the molecule is CCOC(=O)c1cccnc1-c1ccc(OCCNc2ncccc2C)c(C#N)c1. The molecule has 7 nitrogen and oxygen atoms in total. The third-order valence-corrected chi connectivity index (χ3v) is 4.34. The standard InChI is InChI=1S/C23H22N4O3/c1-3-29-23(28)19-7-5-10-25-21(19)17-8-9-20(18(14-17)15-24)30-13-12-27-22-16(2)6-4-11-26-22/h4-11,14H,3,12-13H2,1-2H3,(H,26,27). The van der Waals surface area contributed by atoms with Gasteiger partial charge in [-0.05, 0) is 55.8 Å². The molecule has 3 rings (SSSR count). The minimum absolute atomic E-state index is 0.273. The molecule has 0 saturated carbocycles. The highest BCUT2D eigenvalue weighted by Crippen LogP contribution is 2.27. The molecule has 152 valence electrons. The van der Waals surface area contributed by atoms with Crippen molar-refractivity contribution in [3.05, 3.63) is 71.5 Å². The minimum atomic E-state index is -0.449. The fourth-order valence-corrected chi connectivity index (χ4v) is 2.90. The van der Waals surface area contributed by atoms with Crippen LogP contribution in [-0.4, -0.2) is 35.7 Å². The number of carbonyl (C=O) groups excluding carboxylic acids is 1. The summed E-state index contributed by atoms with van der Waals surface area (Å²) in [5.41, 5.74) is 2.87. The van der Waals surface area contributed by atoms with Crippen molar-refractivity contribution >= 4 is 11.8 Å². The van der Waals surface area contributed by atoms with Crippen molar-refractivity contribution < 1.29 is 14.3 Å². The van der Waals surface area contributed by atoms with E-state index in [0.717, 1.165) is 11.4 Å². The average molecular weight is 402 g/mol. The fraction of sp³-hybridized carbons (Fsp3) is 0.217. The molecule has 0 radical (unpaired) electrons. The number of hydrogen-bond acceptors (Lipinski definition) is 7. The highest BCUT2D eigenvalue weighted by atomic mass is 16.5. The lowest BCUT2D eigenvalue weighted by Crippen LogP contribution is -2.13. The second-order valence-electron chi connectivity index (χ2n) is 6.39. The van der Waals surface area contributed by atoms with Gasteiger partial charge in [-0.15, -0.1) is 0 Å². The van der Waals surface area contributed by atoms with E-state index in [1.54, 1.807) is 49.6 Å². The number of nitrogens with zero attached hydrogens (tertiary/aromatic N) is 3. The quantitative estimate of drug-likeness (QED) is 0.449. The van der Waals surface area contributed by atoms with Crippen LogP contribution in [0.3, 0.4) is 0 Å². The van der Waals surface area contributed by atoms with E-state index in [-0.39, 0.29) is 6.61 Å². The summed E-state index contributed by atoms with van der Waals surface area (Å²) in [5.74, 6) is 0.823. The van der Waals surface area contributed by atoms with Crippen LogP contribution in [-0.2, 0) is 4.74 Å². The lowest BCUT2D eigenvalue weighted by Gasteiger charge is -2.12. The zero-order valence-electron chi connectivity index (χ0n) is 16.9. The number of hydrogen-bond donors (Lipinski definition) is 1. The van der Waals surface area contributed by atoms with Gasteiger partial charge in [0.1, 0.15) is 24.2 Å². The van der Waals surface area contributed by atoms with Gasteiger partial charge in [0.2, 0.25) is 0 Å². The van der Waals surface area contributed by atoms with Crippen LogP contribution in [0.2, 0.25) is 0 Å². The van der Waals surface area contributed by atoms with Crippen molar-refractivity contribution in [2.24, 2.45) is 0 Å². The molecule has 0 amide bonds. The van der Waals surface area contributed by atoms with E-state index in [1.165, 1.54) is 0 Å². The molecule has 0 atom stereocenters. The molecular weight excluding hydrogens is 380 g/mol. The van der Waals surface area contributed by atoms with Crippen LogP contribution in [0.15, 0.2) is 54.9 Å². The van der Waals surface area contributed by atoms with Gasteiger partial charge in [-0.2, -0.15) is 5.26 Å². The number of esters is 1. The predicted octanol–water partition coefficient (Wildman–Crippen LogP) is 3.99. The van der Waals surface area contributed by atoms with Gasteiger partial charge in [-0.1, -0.05) is 6.07 Å². The zero-order chi connectivity index (χ0) is 21.3. The van der Waals surface area contributed by atoms with Crippen molar-refractivity contribution in [1.29, 1.82) is 5.26 Å². The summed E-state index contributed by atoms with van der Waals surface area (Å²) in [5, 5.41) is 12.8. The molecule has 0 fully saturated rings. The Labute approximate surface area is 175 Å². The number of carbonyl (C=O) groups is 1. The van der Waals surface area contributed by atoms with E-state index < -0.39 is 5.97 Å². The molecular formula is C23H22N4O3. The maximum absolute atomic E-state index is 12.2. The summed E-state index contributed by atoms with van der Waals surface area (Å²) in [6, 6.07) is 14.5. The third-order valence-electron chi connectivity index (χ3n) is 4.34. The molecule has 2 heterocycles. The summed E-state index contributed by atoms with van der Waals surface area (Å²) in [7, 11) is 0. The second kappa shape index (κ2) is 10.0. The van der Waals surface area contributed by atoms with E-state index in [2.05, 4.69) is 21.4 Å². The molecule has 0 saturated heterocycles. The Bertz CT molecular complexity index is 1080. The van der Waals surface area contributed by atoms with Gasteiger partial charge in [0.25, 0.3) is 0 Å². The Balaban J connectivity index is 1.72. The van der Waals surface area contributed by atoms with E-state index >= 15 is 0 Å². The number of ether oxygens (including phenoxy) is 2. The van der Waals surface area contributed by atoms with Gasteiger partial charge in [-0.25, -0.2) is 9.78 Å². The average Bonchev–Trinajstić information content (AvgIpc) is 2.78. The van der Waals surface area contributed by atoms with E-state index in [1.807, 2.05) is 19.1 Å². The number of aryl methyl sites for hydroxylation is 1. The first kappa shape index (κ1) is 20.8. The lowest BCUT2D eigenvalue weighted by molar-refractivity contribution is 0.0527. The van der Waals surface area contributed by atoms with Crippen LogP contribution in [0.25, 0.3) is 11.3 Å². The highest BCUT2D eigenvalue weighted by Gasteiger charge is 2.16. The molecule has 0 spiro atoms. The van der Waals surface area contributed by atoms with E-state index in [4.69, 9.17) is 9.47 Å². The van der Waals surface area contributed by atoms with Crippen LogP contribution in [0.4, 0.5) is 5.82 Å². The van der Waals surface area contributed by atoms with E-state index in [0.29, 0.717) is 41.3 Å². The number of rotatable bonds is 8. The largest absolute Gasteiger partial charge is 0.490 e. The van der Waals surface area contributed by atoms with Crippen LogP contribution in [0.1, 0.15) is 28.4 Å².